The van der Waals surface area contributed by atoms with E-state index in [-0.39, 0.29) is 43.0 Å². The van der Waals surface area contributed by atoms with Crippen molar-refractivity contribution >= 4 is 28.8 Å². The highest BCUT2D eigenvalue weighted by molar-refractivity contribution is 5.95. The van der Waals surface area contributed by atoms with Crippen LogP contribution in [0.3, 0.4) is 0 Å². The lowest BCUT2D eigenvalue weighted by Crippen LogP contribution is -2.43. The van der Waals surface area contributed by atoms with E-state index in [0.717, 1.165) is 24.3 Å². The van der Waals surface area contributed by atoms with Gasteiger partial charge in [0.25, 0.3) is 5.56 Å². The van der Waals surface area contributed by atoms with Crippen molar-refractivity contribution in [3.63, 3.8) is 0 Å². The molecule has 186 valence electrons. The summed E-state index contributed by atoms with van der Waals surface area (Å²) in [4.78, 5) is 44.2. The fourth-order valence-corrected chi connectivity index (χ4v) is 4.22. The van der Waals surface area contributed by atoms with Gasteiger partial charge in [0.05, 0.1) is 13.2 Å². The average Bonchev–Trinajstić information content (AvgIpc) is 3.31. The number of amides is 1. The van der Waals surface area contributed by atoms with Crippen molar-refractivity contribution in [2.45, 2.75) is 40.2 Å². The number of nitrogens with zero attached hydrogens (tertiary/aromatic N) is 3. The zero-order chi connectivity index (χ0) is 24.8. The van der Waals surface area contributed by atoms with E-state index in [9.17, 15) is 14.4 Å². The Balaban J connectivity index is 1.82. The number of ether oxygens (including phenoxy) is 1. The number of carbonyl (C=O) groups excluding carboxylic acids is 1. The zero-order valence-electron chi connectivity index (χ0n) is 20.5. The monoisotopic (exact) mass is 472 g/mol. The Bertz CT molecular complexity index is 1120. The Morgan fingerprint density at radius 2 is 1.97 bits per heavy atom. The minimum Gasteiger partial charge on any atom is -0.383 e. The number of rotatable bonds is 10. The molecular weight excluding hydrogens is 436 g/mol. The van der Waals surface area contributed by atoms with Crippen LogP contribution in [0.1, 0.15) is 32.3 Å². The lowest BCUT2D eigenvalue weighted by atomic mass is 10.1. The summed E-state index contributed by atoms with van der Waals surface area (Å²) in [5.41, 5.74) is 7.99. The predicted molar refractivity (Wildman–Crippen MR) is 136 cm³/mol. The van der Waals surface area contributed by atoms with Gasteiger partial charge in [-0.15, -0.1) is 0 Å². The molecule has 1 fully saturated rings. The molecule has 0 bridgehead atoms. The largest absolute Gasteiger partial charge is 0.383 e. The molecule has 10 heteroatoms. The standard InChI is InChI=1S/C24H36N6O4/c1-16(2)14-30-22(25)21(23(32)27-24(30)33)29(11-12-34-4)15-20(31)26-19-8-7-18(13-17(19)3)28-9-5-6-10-28/h7-8,13,16H,5-6,9-12,14-15,25H2,1-4H3,(H,26,31)(H,27,32,33). The SMILES string of the molecule is COCCN(CC(=O)Nc1ccc(N2CCCC2)cc1C)c1c(N)n(CC(C)C)c(=O)[nH]c1=O. The predicted octanol–water partition coefficient (Wildman–Crippen LogP) is 1.77. The van der Waals surface area contributed by atoms with Gasteiger partial charge in [-0.3, -0.25) is 19.1 Å². The van der Waals surface area contributed by atoms with E-state index >= 15 is 0 Å². The molecule has 0 aliphatic carbocycles. The molecule has 2 heterocycles. The van der Waals surface area contributed by atoms with Crippen LogP contribution in [-0.2, 0) is 16.1 Å². The number of H-pyrrole nitrogens is 1. The van der Waals surface area contributed by atoms with Crippen molar-refractivity contribution in [3.05, 3.63) is 44.6 Å². The Morgan fingerprint density at radius 3 is 2.59 bits per heavy atom. The number of anilines is 4. The number of nitrogens with one attached hydrogen (secondary N) is 2. The van der Waals surface area contributed by atoms with Gasteiger partial charge in [0.1, 0.15) is 11.5 Å². The van der Waals surface area contributed by atoms with Crippen LogP contribution in [0, 0.1) is 12.8 Å². The van der Waals surface area contributed by atoms with Crippen molar-refractivity contribution in [1.82, 2.24) is 9.55 Å². The van der Waals surface area contributed by atoms with E-state index in [0.29, 0.717) is 12.2 Å². The molecule has 0 saturated carbocycles. The lowest BCUT2D eigenvalue weighted by Gasteiger charge is -2.26. The number of aromatic amines is 1. The second-order valence-corrected chi connectivity index (χ2v) is 9.15. The van der Waals surface area contributed by atoms with Gasteiger partial charge in [-0.2, -0.15) is 0 Å². The fraction of sp³-hybridized carbons (Fsp3) is 0.542. The summed E-state index contributed by atoms with van der Waals surface area (Å²) in [6.07, 6.45) is 2.39. The maximum atomic E-state index is 13.0. The molecule has 1 amide bonds. The van der Waals surface area contributed by atoms with Crippen molar-refractivity contribution < 1.29 is 9.53 Å². The first-order chi connectivity index (χ1) is 16.2. The third kappa shape index (κ3) is 5.99. The van der Waals surface area contributed by atoms with Crippen LogP contribution in [0.25, 0.3) is 0 Å². The minimum absolute atomic E-state index is 0.0394. The molecule has 1 aliphatic heterocycles. The van der Waals surface area contributed by atoms with Gasteiger partial charge in [0.2, 0.25) is 5.91 Å². The van der Waals surface area contributed by atoms with Crippen LogP contribution < -0.4 is 32.1 Å². The molecule has 0 atom stereocenters. The minimum atomic E-state index is -0.627. The lowest BCUT2D eigenvalue weighted by molar-refractivity contribution is -0.115. The van der Waals surface area contributed by atoms with Crippen molar-refractivity contribution in [1.29, 1.82) is 0 Å². The number of benzene rings is 1. The molecule has 0 unspecified atom stereocenters. The van der Waals surface area contributed by atoms with E-state index < -0.39 is 11.2 Å². The van der Waals surface area contributed by atoms with E-state index in [2.05, 4.69) is 21.3 Å². The smallest absolute Gasteiger partial charge is 0.330 e. The molecular formula is C24H36N6O4. The number of hydrogen-bond acceptors (Lipinski definition) is 7. The number of nitrogen functional groups attached to an aromatic ring is 1. The number of hydrogen-bond donors (Lipinski definition) is 3. The summed E-state index contributed by atoms with van der Waals surface area (Å²) in [7, 11) is 1.54. The second-order valence-electron chi connectivity index (χ2n) is 9.15. The van der Waals surface area contributed by atoms with Gasteiger partial charge >= 0.3 is 5.69 Å². The van der Waals surface area contributed by atoms with Gasteiger partial charge in [-0.25, -0.2) is 4.79 Å². The number of carbonyl (C=O) groups is 1. The van der Waals surface area contributed by atoms with Gasteiger partial charge in [0.15, 0.2) is 0 Å². The van der Waals surface area contributed by atoms with Crippen LogP contribution >= 0.6 is 0 Å². The maximum Gasteiger partial charge on any atom is 0.330 e. The Hall–Kier alpha value is -3.27. The first-order valence-electron chi connectivity index (χ1n) is 11.7. The van der Waals surface area contributed by atoms with Crippen molar-refractivity contribution in [3.8, 4) is 0 Å². The highest BCUT2D eigenvalue weighted by atomic mass is 16.5. The highest BCUT2D eigenvalue weighted by Gasteiger charge is 2.22. The van der Waals surface area contributed by atoms with Crippen molar-refractivity contribution in [2.24, 2.45) is 5.92 Å². The quantitative estimate of drug-likeness (QED) is 0.481. The summed E-state index contributed by atoms with van der Waals surface area (Å²) in [5.74, 6) is -0.119. The normalized spacial score (nSPS) is 13.5. The Morgan fingerprint density at radius 1 is 1.26 bits per heavy atom. The molecule has 34 heavy (non-hydrogen) atoms. The number of aromatic nitrogens is 2. The van der Waals surface area contributed by atoms with E-state index in [1.54, 1.807) is 4.90 Å². The summed E-state index contributed by atoms with van der Waals surface area (Å²) >= 11 is 0. The third-order valence-corrected chi connectivity index (χ3v) is 5.93. The molecule has 0 radical (unpaired) electrons. The Kier molecular flexibility index (Phi) is 8.38. The van der Waals surface area contributed by atoms with E-state index in [1.807, 2.05) is 32.9 Å². The zero-order valence-corrected chi connectivity index (χ0v) is 20.5. The molecule has 1 aliphatic rings. The maximum absolute atomic E-state index is 13.0. The summed E-state index contributed by atoms with van der Waals surface area (Å²) in [5, 5.41) is 2.94. The van der Waals surface area contributed by atoms with Crippen LogP contribution in [0.5, 0.6) is 0 Å². The van der Waals surface area contributed by atoms with E-state index in [4.69, 9.17) is 10.5 Å². The number of aryl methyl sites for hydroxylation is 1. The highest BCUT2D eigenvalue weighted by Crippen LogP contribution is 2.26. The van der Waals surface area contributed by atoms with Gasteiger partial charge in [-0.05, 0) is 49.4 Å². The number of nitrogens with two attached hydrogens (primary N) is 1. The van der Waals surface area contributed by atoms with Gasteiger partial charge < -0.3 is 25.6 Å². The van der Waals surface area contributed by atoms with Crippen LogP contribution in [0.15, 0.2) is 27.8 Å². The second kappa shape index (κ2) is 11.2. The molecule has 10 nitrogen and oxygen atoms in total. The van der Waals surface area contributed by atoms with Gasteiger partial charge in [0, 0.05) is 44.7 Å². The molecule has 1 aromatic heterocycles. The molecule has 4 N–H and O–H groups in total. The fourth-order valence-electron chi connectivity index (χ4n) is 4.22. The molecule has 1 aromatic carbocycles. The topological polar surface area (TPSA) is 126 Å². The number of methoxy groups -OCH3 is 1. The van der Waals surface area contributed by atoms with E-state index in [1.165, 1.54) is 24.5 Å². The molecule has 0 spiro atoms. The Labute approximate surface area is 199 Å². The summed E-state index contributed by atoms with van der Waals surface area (Å²) in [6, 6.07) is 6.00. The van der Waals surface area contributed by atoms with Gasteiger partial charge in [-0.1, -0.05) is 13.8 Å². The van der Waals surface area contributed by atoms with Crippen LogP contribution in [0.4, 0.5) is 22.9 Å². The van der Waals surface area contributed by atoms with Crippen LogP contribution in [0.2, 0.25) is 0 Å². The van der Waals surface area contributed by atoms with Crippen LogP contribution in [-0.4, -0.2) is 55.4 Å². The first kappa shape index (κ1) is 25.4. The first-order valence-corrected chi connectivity index (χ1v) is 11.7. The molecule has 1 saturated heterocycles. The molecule has 2 aromatic rings. The average molecular weight is 473 g/mol. The summed E-state index contributed by atoms with van der Waals surface area (Å²) in [6.45, 7) is 8.72. The summed E-state index contributed by atoms with van der Waals surface area (Å²) < 4.78 is 6.51. The molecule has 3 rings (SSSR count). The van der Waals surface area contributed by atoms with Crippen molar-refractivity contribution in [2.75, 3.05) is 60.7 Å². The third-order valence-electron chi connectivity index (χ3n) is 5.93.